The van der Waals surface area contributed by atoms with Crippen LogP contribution in [0.5, 0.6) is 5.75 Å². The van der Waals surface area contributed by atoms with E-state index in [1.54, 1.807) is 21.9 Å². The number of aromatic hydroxyl groups is 1. The molecule has 2 saturated carbocycles. The number of piperazine rings is 2. The molecule has 2 aliphatic carbocycles. The number of carbonyl (C=O) groups excluding carboxylic acids is 4. The molecule has 0 unspecified atom stereocenters. The number of nitrogens with one attached hydrogen (secondary N) is 1. The molecule has 2 saturated heterocycles. The fraction of sp³-hybridized carbons (Fsp3) is 0.714. The maximum absolute atomic E-state index is 13.5. The summed E-state index contributed by atoms with van der Waals surface area (Å²) in [5.41, 5.74) is 1.04. The van der Waals surface area contributed by atoms with Crippen molar-refractivity contribution in [1.29, 1.82) is 0 Å². The molecule has 0 spiro atoms. The summed E-state index contributed by atoms with van der Waals surface area (Å²) < 4.78 is 0. The van der Waals surface area contributed by atoms with Crippen LogP contribution >= 0.6 is 0 Å². The van der Waals surface area contributed by atoms with E-state index in [1.807, 2.05) is 17.0 Å². The normalized spacial score (nSPS) is 24.2. The summed E-state index contributed by atoms with van der Waals surface area (Å²) in [6.07, 6.45) is 17.3. The second-order valence-corrected chi connectivity index (χ2v) is 13.7. The Hall–Kier alpha value is -3.10. The molecular weight excluding hydrogens is 556 g/mol. The van der Waals surface area contributed by atoms with E-state index in [4.69, 9.17) is 0 Å². The summed E-state index contributed by atoms with van der Waals surface area (Å²) in [5, 5.41) is 12.5. The van der Waals surface area contributed by atoms with Crippen molar-refractivity contribution in [3.63, 3.8) is 0 Å². The molecule has 5 rings (SSSR count). The molecule has 4 aliphatic rings. The zero-order valence-corrected chi connectivity index (χ0v) is 26.4. The Morgan fingerprint density at radius 3 is 1.86 bits per heavy atom. The van der Waals surface area contributed by atoms with E-state index in [0.717, 1.165) is 37.7 Å². The van der Waals surface area contributed by atoms with Gasteiger partial charge < -0.3 is 25.1 Å². The third-order valence-electron chi connectivity index (χ3n) is 10.6. The zero-order chi connectivity index (χ0) is 30.9. The highest BCUT2D eigenvalue weighted by molar-refractivity contribution is 6.36. The van der Waals surface area contributed by atoms with Gasteiger partial charge in [0, 0.05) is 38.8 Å². The van der Waals surface area contributed by atoms with E-state index >= 15 is 0 Å². The van der Waals surface area contributed by atoms with Gasteiger partial charge >= 0.3 is 23.6 Å². The first-order chi connectivity index (χ1) is 21.4. The van der Waals surface area contributed by atoms with Gasteiger partial charge in [0.1, 0.15) is 5.75 Å². The minimum atomic E-state index is -0.505. The molecule has 9 heteroatoms. The van der Waals surface area contributed by atoms with Crippen molar-refractivity contribution in [1.82, 2.24) is 20.0 Å². The fourth-order valence-corrected chi connectivity index (χ4v) is 7.93. The van der Waals surface area contributed by atoms with Crippen LogP contribution in [0.25, 0.3) is 0 Å². The molecule has 0 bridgehead atoms. The van der Waals surface area contributed by atoms with Gasteiger partial charge in [-0.3, -0.25) is 19.2 Å². The summed E-state index contributed by atoms with van der Waals surface area (Å²) in [6.45, 7) is 2.73. The molecule has 44 heavy (non-hydrogen) atoms. The number of nitrogens with zero attached hydrogens (tertiary/aromatic N) is 3. The van der Waals surface area contributed by atoms with Crippen LogP contribution in [0.15, 0.2) is 24.3 Å². The number of phenolic OH excluding ortho intramolecular Hbond substituents is 1. The minimum absolute atomic E-state index is 0.0278. The Balaban J connectivity index is 1.15. The summed E-state index contributed by atoms with van der Waals surface area (Å²) >= 11 is 0. The lowest BCUT2D eigenvalue weighted by molar-refractivity contribution is -0.159. The maximum atomic E-state index is 13.5. The highest BCUT2D eigenvalue weighted by atomic mass is 16.3. The van der Waals surface area contributed by atoms with Crippen LogP contribution in [0.3, 0.4) is 0 Å². The largest absolute Gasteiger partial charge is 0.508 e. The lowest BCUT2D eigenvalue weighted by Gasteiger charge is -2.41. The number of phenols is 1. The van der Waals surface area contributed by atoms with Crippen LogP contribution in [0, 0.1) is 11.8 Å². The fourth-order valence-electron chi connectivity index (χ4n) is 7.93. The van der Waals surface area contributed by atoms with Gasteiger partial charge in [-0.2, -0.15) is 0 Å². The van der Waals surface area contributed by atoms with E-state index in [0.29, 0.717) is 51.0 Å². The van der Waals surface area contributed by atoms with E-state index in [9.17, 15) is 24.3 Å². The maximum Gasteiger partial charge on any atom is 0.312 e. The molecule has 2 atom stereocenters. The molecule has 0 radical (unpaired) electrons. The van der Waals surface area contributed by atoms with Gasteiger partial charge in [0.25, 0.3) is 0 Å². The average molecular weight is 609 g/mol. The number of rotatable bonds is 13. The van der Waals surface area contributed by atoms with Gasteiger partial charge in [0.15, 0.2) is 0 Å². The van der Waals surface area contributed by atoms with Crippen LogP contribution in [0.2, 0.25) is 0 Å². The minimum Gasteiger partial charge on any atom is -0.508 e. The first kappa shape index (κ1) is 32.3. The number of hydrogen-bond acceptors (Lipinski definition) is 5. The van der Waals surface area contributed by atoms with Gasteiger partial charge in [-0.25, -0.2) is 0 Å². The molecule has 9 nitrogen and oxygen atoms in total. The Morgan fingerprint density at radius 1 is 0.659 bits per heavy atom. The predicted molar refractivity (Wildman–Crippen MR) is 169 cm³/mol. The van der Waals surface area contributed by atoms with Crippen molar-refractivity contribution in [3.05, 3.63) is 29.8 Å². The lowest BCUT2D eigenvalue weighted by atomic mass is 9.86. The van der Waals surface area contributed by atoms with Gasteiger partial charge in [-0.15, -0.1) is 0 Å². The Labute approximate surface area is 262 Å². The zero-order valence-electron chi connectivity index (χ0n) is 26.4. The molecule has 2 aliphatic heterocycles. The van der Waals surface area contributed by atoms with Crippen molar-refractivity contribution >= 4 is 23.6 Å². The van der Waals surface area contributed by atoms with Gasteiger partial charge in [0.05, 0.1) is 6.04 Å². The van der Waals surface area contributed by atoms with Crippen LogP contribution in [-0.2, 0) is 25.6 Å². The predicted octanol–water partition coefficient (Wildman–Crippen LogP) is 4.41. The first-order valence-corrected chi connectivity index (χ1v) is 17.4. The SMILES string of the molecule is O=C1NC[C@@H](CCCCN2C[C@H](Cc3ccc(O)cc3)N(CCC3CCCCC3)C(=O)C2=O)N(CCC2CCCCC2)C1=O. The Bertz CT molecular complexity index is 1130. The number of hydrogen-bond donors (Lipinski definition) is 2. The summed E-state index contributed by atoms with van der Waals surface area (Å²) in [6, 6.07) is 7.00. The monoisotopic (exact) mass is 608 g/mol. The van der Waals surface area contributed by atoms with Crippen LogP contribution < -0.4 is 5.32 Å². The van der Waals surface area contributed by atoms with Crippen molar-refractivity contribution in [2.24, 2.45) is 11.8 Å². The second-order valence-electron chi connectivity index (χ2n) is 13.7. The molecule has 4 fully saturated rings. The van der Waals surface area contributed by atoms with E-state index < -0.39 is 23.6 Å². The van der Waals surface area contributed by atoms with Gasteiger partial charge in [0.2, 0.25) is 0 Å². The van der Waals surface area contributed by atoms with Crippen LogP contribution in [-0.4, -0.2) is 88.2 Å². The molecule has 2 heterocycles. The van der Waals surface area contributed by atoms with Crippen molar-refractivity contribution in [2.75, 3.05) is 32.7 Å². The number of benzene rings is 1. The third-order valence-corrected chi connectivity index (χ3v) is 10.6. The van der Waals surface area contributed by atoms with Gasteiger partial charge in [-0.05, 0) is 68.1 Å². The lowest BCUT2D eigenvalue weighted by Crippen LogP contribution is -2.60. The van der Waals surface area contributed by atoms with Crippen LogP contribution in [0.1, 0.15) is 102 Å². The van der Waals surface area contributed by atoms with Crippen molar-refractivity contribution in [3.8, 4) is 5.75 Å². The molecule has 4 amide bonds. The van der Waals surface area contributed by atoms with E-state index in [1.165, 1.54) is 64.2 Å². The molecule has 242 valence electrons. The van der Waals surface area contributed by atoms with E-state index in [2.05, 4.69) is 5.32 Å². The standard InChI is InChI=1S/C35H52N4O5/c40-31-16-14-28(15-17-31)23-30-25-37(34(43)35(44)39(30)22-19-27-11-5-2-6-12-27)20-8-7-13-29-24-36-32(41)33(42)38(29)21-18-26-9-3-1-4-10-26/h14-17,26-27,29-30,40H,1-13,18-25H2,(H,36,41)/t29-,30+/m1/s1. The van der Waals surface area contributed by atoms with Gasteiger partial charge in [-0.1, -0.05) is 76.3 Å². The third kappa shape index (κ3) is 8.54. The number of carbonyl (C=O) groups is 4. The topological polar surface area (TPSA) is 110 Å². The summed E-state index contributed by atoms with van der Waals surface area (Å²) in [5.74, 6) is -0.255. The van der Waals surface area contributed by atoms with Crippen LogP contribution in [0.4, 0.5) is 0 Å². The highest BCUT2D eigenvalue weighted by Gasteiger charge is 2.39. The highest BCUT2D eigenvalue weighted by Crippen LogP contribution is 2.29. The molecule has 1 aromatic carbocycles. The van der Waals surface area contributed by atoms with E-state index in [-0.39, 0.29) is 17.8 Å². The summed E-state index contributed by atoms with van der Waals surface area (Å²) in [4.78, 5) is 57.0. The number of amides is 4. The average Bonchev–Trinajstić information content (AvgIpc) is 3.04. The quantitative estimate of drug-likeness (QED) is 0.255. The Kier molecular flexibility index (Phi) is 11.6. The van der Waals surface area contributed by atoms with Crippen molar-refractivity contribution in [2.45, 2.75) is 115 Å². The molecule has 2 N–H and O–H groups in total. The molecule has 1 aromatic rings. The van der Waals surface area contributed by atoms with Crippen molar-refractivity contribution < 1.29 is 24.3 Å². The molecular formula is C35H52N4O5. The summed E-state index contributed by atoms with van der Waals surface area (Å²) in [7, 11) is 0. The smallest absolute Gasteiger partial charge is 0.312 e. The molecule has 0 aromatic heterocycles. The second kappa shape index (κ2) is 15.8. The first-order valence-electron chi connectivity index (χ1n) is 17.4. The Morgan fingerprint density at radius 2 is 1.25 bits per heavy atom. The number of unbranched alkanes of at least 4 members (excludes halogenated alkanes) is 1.